The van der Waals surface area contributed by atoms with Gasteiger partial charge in [0.15, 0.2) is 0 Å². The number of rotatable bonds is 11. The van der Waals surface area contributed by atoms with Crippen LogP contribution in [-0.4, -0.2) is 46.2 Å². The van der Waals surface area contributed by atoms with Crippen molar-refractivity contribution in [3.8, 4) is 0 Å². The Labute approximate surface area is 226 Å². The summed E-state index contributed by atoms with van der Waals surface area (Å²) in [5.74, 6) is -1.10. The van der Waals surface area contributed by atoms with Crippen LogP contribution in [0.1, 0.15) is 42.3 Å². The van der Waals surface area contributed by atoms with Gasteiger partial charge in [0.25, 0.3) is 10.0 Å². The minimum Gasteiger partial charge on any atom is -0.478 e. The Morgan fingerprint density at radius 1 is 1.11 bits per heavy atom. The molecule has 200 valence electrons. The Morgan fingerprint density at radius 2 is 1.84 bits per heavy atom. The van der Waals surface area contributed by atoms with Gasteiger partial charge in [0.2, 0.25) is 0 Å². The normalized spacial score (nSPS) is 12.9. The Morgan fingerprint density at radius 3 is 2.55 bits per heavy atom. The molecule has 0 bridgehead atoms. The maximum Gasteiger partial charge on any atom is 0.337 e. The lowest BCUT2D eigenvalue weighted by molar-refractivity contribution is 0.0697. The number of carboxylic acids is 1. The lowest BCUT2D eigenvalue weighted by atomic mass is 9.99. The fourth-order valence-electron chi connectivity index (χ4n) is 4.02. The van der Waals surface area contributed by atoms with Crippen LogP contribution in [-0.2, 0) is 16.6 Å². The van der Waals surface area contributed by atoms with E-state index in [1.54, 1.807) is 54.9 Å². The number of anilines is 1. The van der Waals surface area contributed by atoms with Gasteiger partial charge in [0.1, 0.15) is 0 Å². The molecule has 0 aliphatic heterocycles. The van der Waals surface area contributed by atoms with Gasteiger partial charge in [-0.25, -0.2) is 18.2 Å². The second-order valence-corrected chi connectivity index (χ2v) is 11.7. The first kappa shape index (κ1) is 27.6. The molecular weight excluding hydrogens is 528 g/mol. The molecule has 11 heteroatoms. The number of carboxylic acid groups (broad SMARTS) is 1. The lowest BCUT2D eigenvalue weighted by Crippen LogP contribution is -2.42. The molecule has 0 fully saturated rings. The van der Waals surface area contributed by atoms with Crippen LogP contribution in [0.2, 0.25) is 5.02 Å². The highest BCUT2D eigenvalue weighted by molar-refractivity contribution is 7.92. The van der Waals surface area contributed by atoms with Gasteiger partial charge in [-0.2, -0.15) is 0 Å². The number of aliphatic hydroxyl groups is 1. The zero-order valence-corrected chi connectivity index (χ0v) is 22.5. The van der Waals surface area contributed by atoms with Crippen LogP contribution in [0.5, 0.6) is 0 Å². The number of imidazole rings is 1. The fourth-order valence-corrected chi connectivity index (χ4v) is 5.33. The first-order chi connectivity index (χ1) is 17.9. The summed E-state index contributed by atoms with van der Waals surface area (Å²) in [6, 6.07) is 17.8. The summed E-state index contributed by atoms with van der Waals surface area (Å²) < 4.78 is 29.7. The van der Waals surface area contributed by atoms with Crippen LogP contribution >= 0.6 is 11.6 Å². The van der Waals surface area contributed by atoms with Crippen LogP contribution in [0.3, 0.4) is 0 Å². The van der Waals surface area contributed by atoms with Crippen molar-refractivity contribution in [1.82, 2.24) is 14.9 Å². The van der Waals surface area contributed by atoms with Gasteiger partial charge in [-0.05, 0) is 62.2 Å². The molecule has 1 atom stereocenters. The standard InChI is InChI=1S/C27H29ClN4O5S/c1-27(2,11-12-32-17-29-23-14-21(26(34)35)22(28)15-24(23)32)30-16-25(33)18-7-6-8-19(13-18)31-38(36,37)20-9-4-3-5-10-20/h3-10,13-15,17,25,30-31,33H,11-12,16H2,1-2H3,(H,34,35). The number of β-amino-alcohol motifs (C(OH)–C–C–N with tert-alkyl or cyclic N) is 1. The second-order valence-electron chi connectivity index (χ2n) is 9.64. The third-order valence-corrected chi connectivity index (χ3v) is 7.98. The number of aromatic nitrogens is 2. The Balaban J connectivity index is 1.37. The SMILES string of the molecule is CC(C)(CCn1cnc2cc(C(=O)O)c(Cl)cc21)NCC(O)c1cccc(NS(=O)(=O)c2ccccc2)c1. The van der Waals surface area contributed by atoms with Crippen LogP contribution in [0.25, 0.3) is 11.0 Å². The minimum atomic E-state index is -3.74. The molecule has 0 radical (unpaired) electrons. The van der Waals surface area contributed by atoms with Gasteiger partial charge in [0, 0.05) is 24.3 Å². The maximum atomic E-state index is 12.6. The Bertz CT molecular complexity index is 1550. The average Bonchev–Trinajstić information content (AvgIpc) is 3.27. The molecule has 0 aliphatic rings. The average molecular weight is 557 g/mol. The highest BCUT2D eigenvalue weighted by Crippen LogP contribution is 2.25. The topological polar surface area (TPSA) is 134 Å². The molecule has 4 N–H and O–H groups in total. The molecule has 38 heavy (non-hydrogen) atoms. The molecule has 0 saturated carbocycles. The number of hydrogen-bond donors (Lipinski definition) is 4. The van der Waals surface area contributed by atoms with E-state index in [9.17, 15) is 23.4 Å². The van der Waals surface area contributed by atoms with Crippen molar-refractivity contribution >= 4 is 44.3 Å². The molecule has 9 nitrogen and oxygen atoms in total. The number of fused-ring (bicyclic) bond motifs is 1. The molecule has 4 aromatic rings. The first-order valence-electron chi connectivity index (χ1n) is 11.9. The van der Waals surface area contributed by atoms with E-state index in [-0.39, 0.29) is 27.6 Å². The second kappa shape index (κ2) is 11.1. The number of nitrogens with zero attached hydrogens (tertiary/aromatic N) is 2. The quantitative estimate of drug-likeness (QED) is 0.211. The summed E-state index contributed by atoms with van der Waals surface area (Å²) in [5.41, 5.74) is 1.88. The maximum absolute atomic E-state index is 12.6. The number of aromatic carboxylic acids is 1. The minimum absolute atomic E-state index is 0.0114. The van der Waals surface area contributed by atoms with E-state index in [0.29, 0.717) is 29.7 Å². The van der Waals surface area contributed by atoms with Crippen molar-refractivity contribution in [3.63, 3.8) is 0 Å². The van der Waals surface area contributed by atoms with Crippen LogP contribution in [0.4, 0.5) is 5.69 Å². The van der Waals surface area contributed by atoms with Gasteiger partial charge in [0.05, 0.1) is 38.9 Å². The number of nitrogens with one attached hydrogen (secondary N) is 2. The summed E-state index contributed by atoms with van der Waals surface area (Å²) in [6.45, 7) is 4.87. The number of aryl methyl sites for hydroxylation is 1. The highest BCUT2D eigenvalue weighted by Gasteiger charge is 2.21. The molecular formula is C27H29ClN4O5S. The van der Waals surface area contributed by atoms with Crippen molar-refractivity contribution in [2.24, 2.45) is 0 Å². The monoisotopic (exact) mass is 556 g/mol. The van der Waals surface area contributed by atoms with Crippen molar-refractivity contribution in [2.75, 3.05) is 11.3 Å². The largest absolute Gasteiger partial charge is 0.478 e. The summed E-state index contributed by atoms with van der Waals surface area (Å²) in [6.07, 6.45) is 1.47. The van der Waals surface area contributed by atoms with Crippen molar-refractivity contribution in [1.29, 1.82) is 0 Å². The number of halogens is 1. The Hall–Kier alpha value is -3.44. The van der Waals surface area contributed by atoms with E-state index in [1.807, 2.05) is 18.4 Å². The molecule has 4 rings (SSSR count). The van der Waals surface area contributed by atoms with Gasteiger partial charge < -0.3 is 20.1 Å². The van der Waals surface area contributed by atoms with Crippen LogP contribution in [0.15, 0.2) is 78.0 Å². The van der Waals surface area contributed by atoms with E-state index < -0.39 is 22.1 Å². The third kappa shape index (κ3) is 6.51. The zero-order chi connectivity index (χ0) is 27.5. The Kier molecular flexibility index (Phi) is 8.08. The van der Waals surface area contributed by atoms with Crippen molar-refractivity contribution in [3.05, 3.63) is 89.2 Å². The van der Waals surface area contributed by atoms with Gasteiger partial charge in [-0.15, -0.1) is 0 Å². The van der Waals surface area contributed by atoms with Crippen LogP contribution < -0.4 is 10.0 Å². The van der Waals surface area contributed by atoms with E-state index in [1.165, 1.54) is 18.2 Å². The summed E-state index contributed by atoms with van der Waals surface area (Å²) in [7, 11) is -3.74. The summed E-state index contributed by atoms with van der Waals surface area (Å²) in [5, 5.41) is 23.6. The molecule has 1 unspecified atom stereocenters. The fraction of sp³-hybridized carbons (Fsp3) is 0.259. The molecule has 1 aromatic heterocycles. The number of benzene rings is 3. The lowest BCUT2D eigenvalue weighted by Gasteiger charge is -2.28. The van der Waals surface area contributed by atoms with Gasteiger partial charge in [-0.3, -0.25) is 4.72 Å². The molecule has 0 aliphatic carbocycles. The highest BCUT2D eigenvalue weighted by atomic mass is 35.5. The summed E-state index contributed by atoms with van der Waals surface area (Å²) in [4.78, 5) is 15.8. The van der Waals surface area contributed by atoms with Crippen LogP contribution in [0, 0.1) is 0 Å². The van der Waals surface area contributed by atoms with E-state index in [0.717, 1.165) is 5.52 Å². The van der Waals surface area contributed by atoms with E-state index in [2.05, 4.69) is 15.0 Å². The first-order valence-corrected chi connectivity index (χ1v) is 13.8. The van der Waals surface area contributed by atoms with Crippen molar-refractivity contribution < 1.29 is 23.4 Å². The van der Waals surface area contributed by atoms with E-state index in [4.69, 9.17) is 11.6 Å². The third-order valence-electron chi connectivity index (χ3n) is 6.27. The number of carbonyl (C=O) groups is 1. The van der Waals surface area contributed by atoms with Gasteiger partial charge in [-0.1, -0.05) is 41.9 Å². The molecule has 0 amide bonds. The number of sulfonamides is 1. The zero-order valence-electron chi connectivity index (χ0n) is 20.9. The van der Waals surface area contributed by atoms with Gasteiger partial charge >= 0.3 is 5.97 Å². The predicted molar refractivity (Wildman–Crippen MR) is 147 cm³/mol. The number of hydrogen-bond acceptors (Lipinski definition) is 6. The molecule has 1 heterocycles. The smallest absolute Gasteiger partial charge is 0.337 e. The molecule has 0 saturated heterocycles. The summed E-state index contributed by atoms with van der Waals surface area (Å²) >= 11 is 6.14. The number of aliphatic hydroxyl groups excluding tert-OH is 1. The van der Waals surface area contributed by atoms with E-state index >= 15 is 0 Å². The predicted octanol–water partition coefficient (Wildman–Crippen LogP) is 4.68. The molecule has 3 aromatic carbocycles. The van der Waals surface area contributed by atoms with Crippen molar-refractivity contribution in [2.45, 2.75) is 43.4 Å². The molecule has 0 spiro atoms.